The second-order valence-electron chi connectivity index (χ2n) is 3.92. The number of aliphatic hydroxyl groups excluding tert-OH is 1. The van der Waals surface area contributed by atoms with E-state index < -0.39 is 6.10 Å². The summed E-state index contributed by atoms with van der Waals surface area (Å²) in [6, 6.07) is 11.3. The van der Waals surface area contributed by atoms with Gasteiger partial charge in [0.15, 0.2) is 5.78 Å². The van der Waals surface area contributed by atoms with Gasteiger partial charge in [0.2, 0.25) is 0 Å². The molecule has 2 rings (SSSR count). The Hall–Kier alpha value is -1.87. The number of aliphatic hydroxyl groups is 1. The van der Waals surface area contributed by atoms with E-state index in [1.54, 1.807) is 6.07 Å². The van der Waals surface area contributed by atoms with Gasteiger partial charge in [-0.25, -0.2) is 0 Å². The second-order valence-corrected chi connectivity index (χ2v) is 3.92. The molecule has 0 spiro atoms. The first-order chi connectivity index (χ1) is 8.15. The first-order valence-electron chi connectivity index (χ1n) is 5.39. The topological polar surface area (TPSA) is 46.5 Å². The van der Waals surface area contributed by atoms with Gasteiger partial charge in [0.05, 0.1) is 7.11 Å². The van der Waals surface area contributed by atoms with Crippen molar-refractivity contribution >= 4 is 16.6 Å². The molecule has 0 heterocycles. The van der Waals surface area contributed by atoms with Crippen LogP contribution in [0.2, 0.25) is 0 Å². The Balaban J connectivity index is 2.75. The lowest BCUT2D eigenvalue weighted by atomic mass is 9.97. The van der Waals surface area contributed by atoms with Crippen molar-refractivity contribution in [2.45, 2.75) is 13.0 Å². The molecule has 0 aliphatic rings. The third-order valence-corrected chi connectivity index (χ3v) is 2.81. The number of ketones is 1. The van der Waals surface area contributed by atoms with Crippen LogP contribution in [0.4, 0.5) is 0 Å². The molecule has 0 aliphatic carbocycles. The van der Waals surface area contributed by atoms with Gasteiger partial charge < -0.3 is 9.84 Å². The van der Waals surface area contributed by atoms with Gasteiger partial charge in [-0.1, -0.05) is 30.3 Å². The molecule has 1 unspecified atom stereocenters. The van der Waals surface area contributed by atoms with E-state index in [1.807, 2.05) is 30.3 Å². The van der Waals surface area contributed by atoms with E-state index in [0.29, 0.717) is 11.3 Å². The molecule has 1 N–H and O–H groups in total. The van der Waals surface area contributed by atoms with Gasteiger partial charge in [-0.3, -0.25) is 4.79 Å². The summed E-state index contributed by atoms with van der Waals surface area (Å²) in [5.74, 6) is 0.242. The van der Waals surface area contributed by atoms with Crippen LogP contribution in [-0.2, 0) is 4.79 Å². The van der Waals surface area contributed by atoms with E-state index in [9.17, 15) is 9.90 Å². The minimum absolute atomic E-state index is 0.292. The highest BCUT2D eigenvalue weighted by Gasteiger charge is 2.20. The minimum Gasteiger partial charge on any atom is -0.496 e. The van der Waals surface area contributed by atoms with E-state index in [-0.39, 0.29) is 5.78 Å². The number of hydrogen-bond acceptors (Lipinski definition) is 3. The fraction of sp³-hybridized carbons (Fsp3) is 0.214. The van der Waals surface area contributed by atoms with Crippen molar-refractivity contribution in [1.29, 1.82) is 0 Å². The molecule has 0 aliphatic heterocycles. The van der Waals surface area contributed by atoms with Gasteiger partial charge in [-0.15, -0.1) is 0 Å². The van der Waals surface area contributed by atoms with Gasteiger partial charge in [0, 0.05) is 5.56 Å². The highest BCUT2D eigenvalue weighted by molar-refractivity contribution is 5.93. The molecule has 2 aromatic carbocycles. The lowest BCUT2D eigenvalue weighted by Crippen LogP contribution is -2.09. The Bertz CT molecular complexity index is 560. The number of Topliss-reactive ketones (excluding diaryl/α,β-unsaturated/α-hetero) is 1. The first kappa shape index (κ1) is 11.6. The molecule has 0 saturated heterocycles. The van der Waals surface area contributed by atoms with Crippen LogP contribution < -0.4 is 4.74 Å². The van der Waals surface area contributed by atoms with Crippen molar-refractivity contribution in [3.63, 3.8) is 0 Å². The molecule has 17 heavy (non-hydrogen) atoms. The first-order valence-corrected chi connectivity index (χ1v) is 5.39. The number of fused-ring (bicyclic) bond motifs is 1. The van der Waals surface area contributed by atoms with E-state index in [4.69, 9.17) is 4.74 Å². The van der Waals surface area contributed by atoms with Crippen LogP contribution in [0, 0.1) is 0 Å². The Kier molecular flexibility index (Phi) is 3.11. The van der Waals surface area contributed by atoms with Gasteiger partial charge in [-0.05, 0) is 23.8 Å². The summed E-state index contributed by atoms with van der Waals surface area (Å²) in [7, 11) is 1.53. The minimum atomic E-state index is -1.14. The van der Waals surface area contributed by atoms with Gasteiger partial charge in [0.1, 0.15) is 11.9 Å². The van der Waals surface area contributed by atoms with Gasteiger partial charge in [-0.2, -0.15) is 0 Å². The molecule has 2 aromatic rings. The lowest BCUT2D eigenvalue weighted by molar-refractivity contribution is -0.125. The standard InChI is InChI=1S/C14H14O3/c1-9(15)14(16)13-11-6-4-3-5-10(11)7-8-12(13)17-2/h3-8,14,16H,1-2H3. The maximum Gasteiger partial charge on any atom is 0.162 e. The third kappa shape index (κ3) is 2.01. The zero-order valence-electron chi connectivity index (χ0n) is 9.81. The molecule has 0 amide bonds. The van der Waals surface area contributed by atoms with Crippen LogP contribution in [0.1, 0.15) is 18.6 Å². The molecular weight excluding hydrogens is 216 g/mol. The van der Waals surface area contributed by atoms with Gasteiger partial charge in [0.25, 0.3) is 0 Å². The predicted molar refractivity (Wildman–Crippen MR) is 66.1 cm³/mol. The monoisotopic (exact) mass is 230 g/mol. The normalized spacial score (nSPS) is 12.4. The molecule has 0 radical (unpaired) electrons. The Morgan fingerprint density at radius 2 is 1.94 bits per heavy atom. The van der Waals surface area contributed by atoms with Crippen LogP contribution in [0.5, 0.6) is 5.75 Å². The summed E-state index contributed by atoms with van der Waals surface area (Å²) in [4.78, 5) is 11.4. The average Bonchev–Trinajstić information content (AvgIpc) is 2.36. The molecule has 0 fully saturated rings. The molecule has 88 valence electrons. The predicted octanol–water partition coefficient (Wildman–Crippen LogP) is 2.47. The number of carbonyl (C=O) groups excluding carboxylic acids is 1. The maximum absolute atomic E-state index is 11.4. The van der Waals surface area contributed by atoms with Crippen LogP contribution in [0.15, 0.2) is 36.4 Å². The summed E-state index contributed by atoms with van der Waals surface area (Å²) in [6.07, 6.45) is -1.14. The number of rotatable bonds is 3. The van der Waals surface area contributed by atoms with Crippen LogP contribution in [0.3, 0.4) is 0 Å². The molecule has 0 aromatic heterocycles. The second kappa shape index (κ2) is 4.55. The number of hydrogen-bond donors (Lipinski definition) is 1. The van der Waals surface area contributed by atoms with Crippen LogP contribution in [-0.4, -0.2) is 18.0 Å². The summed E-state index contributed by atoms with van der Waals surface area (Å²) in [6.45, 7) is 1.37. The maximum atomic E-state index is 11.4. The number of methoxy groups -OCH3 is 1. The molecule has 3 nitrogen and oxygen atoms in total. The third-order valence-electron chi connectivity index (χ3n) is 2.81. The van der Waals surface area contributed by atoms with Crippen molar-refractivity contribution in [3.8, 4) is 5.75 Å². The smallest absolute Gasteiger partial charge is 0.162 e. The highest BCUT2D eigenvalue weighted by Crippen LogP contribution is 2.33. The zero-order chi connectivity index (χ0) is 12.4. The Morgan fingerprint density at radius 1 is 1.24 bits per heavy atom. The summed E-state index contributed by atoms with van der Waals surface area (Å²) in [5.41, 5.74) is 0.540. The van der Waals surface area contributed by atoms with E-state index in [1.165, 1.54) is 14.0 Å². The van der Waals surface area contributed by atoms with Crippen molar-refractivity contribution in [3.05, 3.63) is 42.0 Å². The van der Waals surface area contributed by atoms with Crippen molar-refractivity contribution in [2.24, 2.45) is 0 Å². The van der Waals surface area contributed by atoms with E-state index in [0.717, 1.165) is 10.8 Å². The van der Waals surface area contributed by atoms with Crippen molar-refractivity contribution < 1.29 is 14.6 Å². The van der Waals surface area contributed by atoms with Crippen LogP contribution >= 0.6 is 0 Å². The highest BCUT2D eigenvalue weighted by atomic mass is 16.5. The Labute approximate surface area is 99.6 Å². The lowest BCUT2D eigenvalue weighted by Gasteiger charge is -2.15. The quantitative estimate of drug-likeness (QED) is 0.881. The molecule has 0 saturated carbocycles. The SMILES string of the molecule is COc1ccc2ccccc2c1C(O)C(C)=O. The fourth-order valence-electron chi connectivity index (χ4n) is 1.94. The van der Waals surface area contributed by atoms with Crippen molar-refractivity contribution in [1.82, 2.24) is 0 Å². The molecule has 0 bridgehead atoms. The molecule has 1 atom stereocenters. The Morgan fingerprint density at radius 3 is 2.59 bits per heavy atom. The number of ether oxygens (including phenoxy) is 1. The molecular formula is C14H14O3. The zero-order valence-corrected chi connectivity index (χ0v) is 9.81. The van der Waals surface area contributed by atoms with E-state index >= 15 is 0 Å². The fourth-order valence-corrected chi connectivity index (χ4v) is 1.94. The largest absolute Gasteiger partial charge is 0.496 e. The average molecular weight is 230 g/mol. The van der Waals surface area contributed by atoms with E-state index in [2.05, 4.69) is 0 Å². The van der Waals surface area contributed by atoms with Crippen LogP contribution in [0.25, 0.3) is 10.8 Å². The summed E-state index contributed by atoms with van der Waals surface area (Å²) < 4.78 is 5.21. The number of benzene rings is 2. The van der Waals surface area contributed by atoms with Gasteiger partial charge >= 0.3 is 0 Å². The molecule has 3 heteroatoms. The van der Waals surface area contributed by atoms with Crippen molar-refractivity contribution in [2.75, 3.05) is 7.11 Å². The summed E-state index contributed by atoms with van der Waals surface area (Å²) >= 11 is 0. The number of carbonyl (C=O) groups is 1. The summed E-state index contributed by atoms with van der Waals surface area (Å²) in [5, 5.41) is 11.8.